The number of likely N-dealkylation sites (N-methyl/N-ethyl adjacent to an activating group) is 1. The molecule has 0 radical (unpaired) electrons. The maximum absolute atomic E-state index is 13.0. The molecule has 80 valence electrons. The van der Waals surface area contributed by atoms with Crippen molar-refractivity contribution in [2.75, 3.05) is 20.1 Å². The summed E-state index contributed by atoms with van der Waals surface area (Å²) in [5.74, 6) is -0.154. The number of likely N-dealkylation sites (tertiary alicyclic amines) is 1. The van der Waals surface area contributed by atoms with Crippen molar-refractivity contribution in [3.8, 4) is 0 Å². The van der Waals surface area contributed by atoms with E-state index in [1.165, 1.54) is 4.90 Å². The van der Waals surface area contributed by atoms with Crippen LogP contribution >= 0.6 is 0 Å². The first-order valence-electron chi connectivity index (χ1n) is 4.82. The van der Waals surface area contributed by atoms with Crippen LogP contribution in [0, 0.1) is 5.41 Å². The highest BCUT2D eigenvalue weighted by atomic mass is 19.3. The molecular weight excluding hydrogens is 190 g/mol. The van der Waals surface area contributed by atoms with E-state index < -0.39 is 11.8 Å². The second kappa shape index (κ2) is 3.15. The summed E-state index contributed by atoms with van der Waals surface area (Å²) in [6, 6.07) is -0.330. The molecule has 0 aromatic carbocycles. The van der Waals surface area contributed by atoms with Gasteiger partial charge in [-0.1, -0.05) is 0 Å². The van der Waals surface area contributed by atoms with Crippen molar-refractivity contribution in [1.29, 1.82) is 0 Å². The Morgan fingerprint density at radius 3 is 2.93 bits per heavy atom. The lowest BCUT2D eigenvalue weighted by Gasteiger charge is -2.39. The summed E-state index contributed by atoms with van der Waals surface area (Å²) in [6.07, 6.45) is -2.00. The maximum Gasteiger partial charge on any atom is 0.246 e. The Morgan fingerprint density at radius 1 is 1.64 bits per heavy atom. The highest BCUT2D eigenvalue weighted by Gasteiger charge is 2.56. The Kier molecular flexibility index (Phi) is 2.21. The second-order valence-corrected chi connectivity index (χ2v) is 4.19. The molecule has 0 spiro atoms. The van der Waals surface area contributed by atoms with Crippen molar-refractivity contribution in [2.45, 2.75) is 25.3 Å². The third kappa shape index (κ3) is 1.15. The lowest BCUT2D eigenvalue weighted by Crippen LogP contribution is -2.54. The van der Waals surface area contributed by atoms with Crippen LogP contribution in [0.2, 0.25) is 0 Å². The van der Waals surface area contributed by atoms with Crippen molar-refractivity contribution in [3.05, 3.63) is 0 Å². The van der Waals surface area contributed by atoms with E-state index in [1.54, 1.807) is 7.05 Å². The van der Waals surface area contributed by atoms with Crippen LogP contribution in [0.15, 0.2) is 0 Å². The molecule has 2 atom stereocenters. The van der Waals surface area contributed by atoms with E-state index in [1.807, 2.05) is 0 Å². The van der Waals surface area contributed by atoms with Crippen LogP contribution in [0.1, 0.15) is 12.8 Å². The van der Waals surface area contributed by atoms with E-state index in [-0.39, 0.29) is 18.4 Å². The average molecular weight is 204 g/mol. The summed E-state index contributed by atoms with van der Waals surface area (Å²) >= 11 is 0. The van der Waals surface area contributed by atoms with Crippen molar-refractivity contribution < 1.29 is 13.6 Å². The molecule has 0 bridgehead atoms. The van der Waals surface area contributed by atoms with Crippen molar-refractivity contribution >= 4 is 5.91 Å². The number of carbonyl (C=O) groups is 1. The second-order valence-electron chi connectivity index (χ2n) is 4.19. The molecule has 2 saturated heterocycles. The third-order valence-corrected chi connectivity index (χ3v) is 3.54. The van der Waals surface area contributed by atoms with Crippen molar-refractivity contribution in [2.24, 2.45) is 5.41 Å². The molecule has 0 aliphatic carbocycles. The van der Waals surface area contributed by atoms with Gasteiger partial charge in [-0.15, -0.1) is 0 Å². The van der Waals surface area contributed by atoms with E-state index in [4.69, 9.17) is 0 Å². The molecule has 3 nitrogen and oxygen atoms in total. The average Bonchev–Trinajstić information content (AvgIpc) is 2.41. The molecule has 14 heavy (non-hydrogen) atoms. The molecular formula is C9H14F2N2O. The van der Waals surface area contributed by atoms with Crippen LogP contribution in [0.4, 0.5) is 8.78 Å². The van der Waals surface area contributed by atoms with E-state index in [0.717, 1.165) is 0 Å². The SMILES string of the molecule is CN1C(=O)CC2(C(F)F)CCNCC12. The van der Waals surface area contributed by atoms with Crippen molar-refractivity contribution in [3.63, 3.8) is 0 Å². The van der Waals surface area contributed by atoms with Crippen LogP contribution in [-0.4, -0.2) is 43.4 Å². The number of nitrogens with one attached hydrogen (secondary N) is 1. The minimum atomic E-state index is -2.40. The zero-order valence-corrected chi connectivity index (χ0v) is 8.09. The van der Waals surface area contributed by atoms with Crippen LogP contribution in [-0.2, 0) is 4.79 Å². The van der Waals surface area contributed by atoms with Gasteiger partial charge in [-0.2, -0.15) is 0 Å². The number of alkyl halides is 2. The minimum absolute atomic E-state index is 0.00745. The predicted molar refractivity (Wildman–Crippen MR) is 47.1 cm³/mol. The monoisotopic (exact) mass is 204 g/mol. The third-order valence-electron chi connectivity index (χ3n) is 3.54. The number of nitrogens with zero attached hydrogens (tertiary/aromatic N) is 1. The molecule has 1 N–H and O–H groups in total. The Balaban J connectivity index is 2.31. The first-order valence-corrected chi connectivity index (χ1v) is 4.82. The van der Waals surface area contributed by atoms with Gasteiger partial charge in [0.1, 0.15) is 0 Å². The molecule has 2 unspecified atom stereocenters. The molecule has 2 fully saturated rings. The summed E-state index contributed by atoms with van der Waals surface area (Å²) < 4.78 is 26.0. The molecule has 1 amide bonds. The molecule has 2 aliphatic rings. The van der Waals surface area contributed by atoms with Crippen LogP contribution in [0.5, 0.6) is 0 Å². The number of carbonyl (C=O) groups excluding carboxylic acids is 1. The number of amides is 1. The Bertz CT molecular complexity index is 259. The summed E-state index contributed by atoms with van der Waals surface area (Å²) in [4.78, 5) is 12.9. The summed E-state index contributed by atoms with van der Waals surface area (Å²) in [7, 11) is 1.62. The molecule has 0 saturated carbocycles. The zero-order valence-electron chi connectivity index (χ0n) is 8.09. The summed E-state index contributed by atoms with van der Waals surface area (Å²) in [5.41, 5.74) is -1.09. The molecule has 2 aliphatic heterocycles. The Hall–Kier alpha value is -0.710. The molecule has 2 rings (SSSR count). The number of fused-ring (bicyclic) bond motifs is 1. The summed E-state index contributed by atoms with van der Waals surface area (Å²) in [5, 5.41) is 3.06. The lowest BCUT2D eigenvalue weighted by molar-refractivity contribution is -0.127. The Morgan fingerprint density at radius 2 is 2.36 bits per heavy atom. The lowest BCUT2D eigenvalue weighted by atomic mass is 9.75. The summed E-state index contributed by atoms with van der Waals surface area (Å²) in [6.45, 7) is 1.08. The minimum Gasteiger partial charge on any atom is -0.341 e. The predicted octanol–water partition coefficient (Wildman–Crippen LogP) is 0.462. The number of hydrogen-bond donors (Lipinski definition) is 1. The van der Waals surface area contributed by atoms with Crippen LogP contribution in [0.3, 0.4) is 0 Å². The highest BCUT2D eigenvalue weighted by Crippen LogP contribution is 2.46. The van der Waals surface area contributed by atoms with Gasteiger partial charge in [-0.25, -0.2) is 8.78 Å². The highest BCUT2D eigenvalue weighted by molar-refractivity contribution is 5.80. The van der Waals surface area contributed by atoms with Gasteiger partial charge in [0.15, 0.2) is 0 Å². The van der Waals surface area contributed by atoms with E-state index >= 15 is 0 Å². The molecule has 5 heteroatoms. The topological polar surface area (TPSA) is 32.3 Å². The molecule has 0 aromatic rings. The molecule has 0 aromatic heterocycles. The zero-order chi connectivity index (χ0) is 10.3. The van der Waals surface area contributed by atoms with E-state index in [9.17, 15) is 13.6 Å². The fourth-order valence-electron chi connectivity index (χ4n) is 2.57. The maximum atomic E-state index is 13.0. The van der Waals surface area contributed by atoms with Gasteiger partial charge in [0, 0.05) is 20.0 Å². The van der Waals surface area contributed by atoms with Gasteiger partial charge >= 0.3 is 0 Å². The van der Waals surface area contributed by atoms with Gasteiger partial charge in [0.25, 0.3) is 0 Å². The number of halogens is 2. The van der Waals surface area contributed by atoms with Gasteiger partial charge in [0.2, 0.25) is 12.3 Å². The van der Waals surface area contributed by atoms with Gasteiger partial charge in [0.05, 0.1) is 11.5 Å². The largest absolute Gasteiger partial charge is 0.341 e. The first kappa shape index (κ1) is 9.83. The fraction of sp³-hybridized carbons (Fsp3) is 0.889. The van der Waals surface area contributed by atoms with Gasteiger partial charge < -0.3 is 10.2 Å². The van der Waals surface area contributed by atoms with E-state index in [2.05, 4.69) is 5.32 Å². The first-order chi connectivity index (χ1) is 6.58. The van der Waals surface area contributed by atoms with Gasteiger partial charge in [-0.05, 0) is 13.0 Å². The van der Waals surface area contributed by atoms with Crippen molar-refractivity contribution in [1.82, 2.24) is 10.2 Å². The number of piperidine rings is 1. The van der Waals surface area contributed by atoms with Gasteiger partial charge in [-0.3, -0.25) is 4.79 Å². The van der Waals surface area contributed by atoms with Crippen LogP contribution < -0.4 is 5.32 Å². The molecule has 2 heterocycles. The van der Waals surface area contributed by atoms with E-state index in [0.29, 0.717) is 19.5 Å². The quantitative estimate of drug-likeness (QED) is 0.673. The fourth-order valence-corrected chi connectivity index (χ4v) is 2.57. The normalized spacial score (nSPS) is 37.9. The number of hydrogen-bond acceptors (Lipinski definition) is 2. The Labute approximate surface area is 81.4 Å². The van der Waals surface area contributed by atoms with Crippen LogP contribution in [0.25, 0.3) is 0 Å². The number of rotatable bonds is 1. The smallest absolute Gasteiger partial charge is 0.246 e. The standard InChI is InChI=1S/C9H14F2N2O/c1-13-6-5-12-3-2-9(6,8(10)11)4-7(13)14/h6,8,12H,2-5H2,1H3.